The van der Waals surface area contributed by atoms with E-state index in [1.54, 1.807) is 0 Å². The molecule has 7 nitrogen and oxygen atoms in total. The molecule has 1 aliphatic rings. The summed E-state index contributed by atoms with van der Waals surface area (Å²) in [6, 6.07) is 3.77. The molecular weight excluding hydrogens is 294 g/mol. The molecule has 1 aliphatic heterocycles. The van der Waals surface area contributed by atoms with Gasteiger partial charge in [0.1, 0.15) is 6.10 Å². The summed E-state index contributed by atoms with van der Waals surface area (Å²) in [5.74, 6) is 0. The van der Waals surface area contributed by atoms with Gasteiger partial charge in [-0.2, -0.15) is 5.10 Å². The highest BCUT2D eigenvalue weighted by Gasteiger charge is 2.31. The number of rotatable bonds is 6. The second kappa shape index (κ2) is 7.32. The molecule has 0 saturated carbocycles. The summed E-state index contributed by atoms with van der Waals surface area (Å²) in [5.41, 5.74) is 1.02. The molecule has 2 aromatic rings. The van der Waals surface area contributed by atoms with E-state index in [1.165, 1.54) is 0 Å². The molecule has 0 bridgehead atoms. The van der Waals surface area contributed by atoms with Gasteiger partial charge in [0.15, 0.2) is 0 Å². The lowest BCUT2D eigenvalue weighted by molar-refractivity contribution is 0.0998. The number of hydrogen-bond acceptors (Lipinski definition) is 3. The van der Waals surface area contributed by atoms with Crippen molar-refractivity contribution in [1.82, 2.24) is 25.0 Å². The largest absolute Gasteiger partial charge is 0.371 e. The number of carbonyl (C=O) groups excluding carboxylic acids is 1. The highest BCUT2D eigenvalue weighted by molar-refractivity contribution is 5.74. The third-order valence-corrected chi connectivity index (χ3v) is 4.04. The molecule has 3 rings (SSSR count). The van der Waals surface area contributed by atoms with Gasteiger partial charge in [-0.15, -0.1) is 0 Å². The predicted octanol–water partition coefficient (Wildman–Crippen LogP) is 1.53. The zero-order chi connectivity index (χ0) is 16.1. The molecule has 0 unspecified atom stereocenters. The molecule has 2 atom stereocenters. The summed E-state index contributed by atoms with van der Waals surface area (Å²) in [7, 11) is 0. The number of aromatic nitrogens is 3. The Hall–Kier alpha value is -2.28. The van der Waals surface area contributed by atoms with Crippen LogP contribution in [0.25, 0.3) is 0 Å². The minimum Gasteiger partial charge on any atom is -0.371 e. The van der Waals surface area contributed by atoms with Gasteiger partial charge in [0.2, 0.25) is 0 Å². The molecular formula is C16H23N5O2. The van der Waals surface area contributed by atoms with Gasteiger partial charge in [0.05, 0.1) is 12.2 Å². The van der Waals surface area contributed by atoms with Crippen LogP contribution in [-0.4, -0.2) is 39.6 Å². The Kier molecular flexibility index (Phi) is 4.97. The maximum Gasteiger partial charge on any atom is 0.315 e. The normalized spacial score (nSPS) is 20.6. The van der Waals surface area contributed by atoms with Crippen molar-refractivity contribution in [2.24, 2.45) is 0 Å². The number of nitrogens with zero attached hydrogens (tertiary/aromatic N) is 3. The lowest BCUT2D eigenvalue weighted by Gasteiger charge is -2.19. The maximum atomic E-state index is 12.1. The van der Waals surface area contributed by atoms with E-state index in [9.17, 15) is 4.79 Å². The Morgan fingerprint density at radius 3 is 3.00 bits per heavy atom. The molecule has 7 heteroatoms. The number of hydrogen-bond donors (Lipinski definition) is 2. The minimum atomic E-state index is -0.152. The van der Waals surface area contributed by atoms with E-state index in [2.05, 4.69) is 15.7 Å². The molecule has 3 heterocycles. The quantitative estimate of drug-likeness (QED) is 0.849. The molecule has 1 fully saturated rings. The summed E-state index contributed by atoms with van der Waals surface area (Å²) < 4.78 is 9.67. The Balaban J connectivity index is 1.48. The van der Waals surface area contributed by atoms with Gasteiger partial charge >= 0.3 is 6.03 Å². The van der Waals surface area contributed by atoms with Gasteiger partial charge in [0, 0.05) is 50.4 Å². The molecule has 0 aliphatic carbocycles. The van der Waals surface area contributed by atoms with Crippen LogP contribution in [-0.2, 0) is 17.8 Å². The number of amides is 2. The van der Waals surface area contributed by atoms with Crippen LogP contribution in [0.3, 0.4) is 0 Å². The zero-order valence-electron chi connectivity index (χ0n) is 13.3. The Labute approximate surface area is 135 Å². The minimum absolute atomic E-state index is 0.0175. The fraction of sp³-hybridized carbons (Fsp3) is 0.500. The Morgan fingerprint density at radius 2 is 2.26 bits per heavy atom. The van der Waals surface area contributed by atoms with E-state index in [-0.39, 0.29) is 18.2 Å². The summed E-state index contributed by atoms with van der Waals surface area (Å²) in [6.45, 7) is 4.86. The summed E-state index contributed by atoms with van der Waals surface area (Å²) in [6.07, 6.45) is 8.45. The standard InChI is InChI=1S/C16H23N5O2/c1-2-21-12-13(11-18-21)15-14(5-10-23-15)19-16(22)17-6-9-20-7-3-4-8-20/h3-4,7-8,11-12,14-15H,2,5-6,9-10H2,1H3,(H2,17,19,22)/t14-,15+/m0/s1. The number of aryl methyl sites for hydroxylation is 1. The molecule has 2 amide bonds. The molecule has 0 spiro atoms. The second-order valence-electron chi connectivity index (χ2n) is 5.64. The molecule has 0 aromatic carbocycles. The number of urea groups is 1. The van der Waals surface area contributed by atoms with Gasteiger partial charge < -0.3 is 19.9 Å². The number of carbonyl (C=O) groups is 1. The van der Waals surface area contributed by atoms with Crippen LogP contribution in [0.1, 0.15) is 25.0 Å². The van der Waals surface area contributed by atoms with Crippen LogP contribution >= 0.6 is 0 Å². The first-order chi connectivity index (χ1) is 11.3. The van der Waals surface area contributed by atoms with Gasteiger partial charge in [-0.25, -0.2) is 4.79 Å². The highest BCUT2D eigenvalue weighted by atomic mass is 16.5. The fourth-order valence-corrected chi connectivity index (χ4v) is 2.80. The van der Waals surface area contributed by atoms with Crippen molar-refractivity contribution in [2.75, 3.05) is 13.2 Å². The monoisotopic (exact) mass is 317 g/mol. The van der Waals surface area contributed by atoms with Crippen LogP contribution in [0, 0.1) is 0 Å². The molecule has 2 aromatic heterocycles. The van der Waals surface area contributed by atoms with Crippen molar-refractivity contribution < 1.29 is 9.53 Å². The molecule has 1 saturated heterocycles. The molecule has 2 N–H and O–H groups in total. The van der Waals surface area contributed by atoms with Gasteiger partial charge in [-0.1, -0.05) is 0 Å². The van der Waals surface area contributed by atoms with Crippen LogP contribution in [0.4, 0.5) is 4.79 Å². The van der Waals surface area contributed by atoms with E-state index in [1.807, 2.05) is 53.1 Å². The van der Waals surface area contributed by atoms with Crippen molar-refractivity contribution in [3.63, 3.8) is 0 Å². The van der Waals surface area contributed by atoms with E-state index >= 15 is 0 Å². The molecule has 124 valence electrons. The van der Waals surface area contributed by atoms with E-state index in [0.717, 1.165) is 25.1 Å². The number of nitrogens with one attached hydrogen (secondary N) is 2. The lowest BCUT2D eigenvalue weighted by atomic mass is 10.1. The highest BCUT2D eigenvalue weighted by Crippen LogP contribution is 2.28. The Bertz CT molecular complexity index is 622. The Morgan fingerprint density at radius 1 is 1.43 bits per heavy atom. The summed E-state index contributed by atoms with van der Waals surface area (Å²) >= 11 is 0. The first-order valence-corrected chi connectivity index (χ1v) is 8.05. The second-order valence-corrected chi connectivity index (χ2v) is 5.64. The maximum absolute atomic E-state index is 12.1. The predicted molar refractivity (Wildman–Crippen MR) is 86.0 cm³/mol. The third-order valence-electron chi connectivity index (χ3n) is 4.04. The number of ether oxygens (including phenoxy) is 1. The van der Waals surface area contributed by atoms with Gasteiger partial charge in [-0.3, -0.25) is 4.68 Å². The van der Waals surface area contributed by atoms with E-state index in [0.29, 0.717) is 13.2 Å². The average molecular weight is 317 g/mol. The zero-order valence-corrected chi connectivity index (χ0v) is 13.3. The van der Waals surface area contributed by atoms with Gasteiger partial charge in [0.25, 0.3) is 0 Å². The summed E-state index contributed by atoms with van der Waals surface area (Å²) in [5, 5.41) is 10.2. The van der Waals surface area contributed by atoms with Crippen molar-refractivity contribution in [1.29, 1.82) is 0 Å². The molecule has 0 radical (unpaired) electrons. The summed E-state index contributed by atoms with van der Waals surface area (Å²) in [4.78, 5) is 12.1. The third kappa shape index (κ3) is 3.92. The first kappa shape index (κ1) is 15.6. The first-order valence-electron chi connectivity index (χ1n) is 8.05. The average Bonchev–Trinajstić information content (AvgIpc) is 3.28. The van der Waals surface area contributed by atoms with Crippen molar-refractivity contribution in [2.45, 2.75) is 38.6 Å². The van der Waals surface area contributed by atoms with Crippen LogP contribution in [0.15, 0.2) is 36.9 Å². The van der Waals surface area contributed by atoms with Crippen molar-refractivity contribution >= 4 is 6.03 Å². The van der Waals surface area contributed by atoms with Crippen molar-refractivity contribution in [3.8, 4) is 0 Å². The van der Waals surface area contributed by atoms with Crippen LogP contribution in [0.2, 0.25) is 0 Å². The van der Waals surface area contributed by atoms with Crippen LogP contribution < -0.4 is 10.6 Å². The molecule has 23 heavy (non-hydrogen) atoms. The van der Waals surface area contributed by atoms with Crippen molar-refractivity contribution in [3.05, 3.63) is 42.5 Å². The topological polar surface area (TPSA) is 73.1 Å². The van der Waals surface area contributed by atoms with Crippen LogP contribution in [0.5, 0.6) is 0 Å². The van der Waals surface area contributed by atoms with Gasteiger partial charge in [-0.05, 0) is 25.5 Å². The van der Waals surface area contributed by atoms with E-state index < -0.39 is 0 Å². The SMILES string of the molecule is CCn1cc([C@H]2OCC[C@@H]2NC(=O)NCCn2cccc2)cn1. The fourth-order valence-electron chi connectivity index (χ4n) is 2.80. The smallest absolute Gasteiger partial charge is 0.315 e. The van der Waals surface area contributed by atoms with E-state index in [4.69, 9.17) is 4.74 Å². The lowest BCUT2D eigenvalue weighted by Crippen LogP contribution is -2.44.